The second kappa shape index (κ2) is 9.39. The van der Waals surface area contributed by atoms with E-state index in [0.29, 0.717) is 0 Å². The number of nitrogens with one attached hydrogen (secondary N) is 3. The highest BCUT2D eigenvalue weighted by Gasteiger charge is 2.15. The van der Waals surface area contributed by atoms with Crippen LogP contribution in [0.2, 0.25) is 0 Å². The third-order valence-corrected chi connectivity index (χ3v) is 4.38. The number of amides is 2. The van der Waals surface area contributed by atoms with E-state index in [9.17, 15) is 9.59 Å². The summed E-state index contributed by atoms with van der Waals surface area (Å²) in [6.45, 7) is 1.89. The van der Waals surface area contributed by atoms with Crippen molar-refractivity contribution in [1.82, 2.24) is 16.0 Å². The van der Waals surface area contributed by atoms with Crippen LogP contribution in [0.5, 0.6) is 0 Å². The number of hydrogen-bond acceptors (Lipinski definition) is 3. The van der Waals surface area contributed by atoms with Crippen molar-refractivity contribution in [3.05, 3.63) is 48.0 Å². The molecule has 0 bridgehead atoms. The zero-order chi connectivity index (χ0) is 16.8. The maximum absolute atomic E-state index is 12.2. The molecule has 134 valence electrons. The Morgan fingerprint density at radius 1 is 1.00 bits per heavy atom. The molecule has 0 atom stereocenters. The van der Waals surface area contributed by atoms with Gasteiger partial charge in [-0.3, -0.25) is 9.59 Å². The molecule has 1 aliphatic heterocycles. The minimum atomic E-state index is -0.133. The van der Waals surface area contributed by atoms with Crippen molar-refractivity contribution in [3.63, 3.8) is 0 Å². The van der Waals surface area contributed by atoms with Gasteiger partial charge in [0.05, 0.1) is 13.0 Å². The van der Waals surface area contributed by atoms with E-state index in [2.05, 4.69) is 16.0 Å². The predicted octanol–water partition coefficient (Wildman–Crippen LogP) is 1.79. The maximum Gasteiger partial charge on any atom is 0.239 e. The van der Waals surface area contributed by atoms with Crippen LogP contribution in [0.1, 0.15) is 18.4 Å². The molecule has 0 spiro atoms. The van der Waals surface area contributed by atoms with Crippen molar-refractivity contribution in [2.75, 3.05) is 19.6 Å². The molecule has 1 fully saturated rings. The van der Waals surface area contributed by atoms with Crippen molar-refractivity contribution in [2.45, 2.75) is 25.3 Å². The summed E-state index contributed by atoms with van der Waals surface area (Å²) in [7, 11) is 0. The van der Waals surface area contributed by atoms with Crippen molar-refractivity contribution in [2.24, 2.45) is 0 Å². The molecular formula is C19H24ClN3O2. The fraction of sp³-hybridized carbons (Fsp3) is 0.368. The van der Waals surface area contributed by atoms with Gasteiger partial charge in [0.1, 0.15) is 0 Å². The molecule has 2 aromatic carbocycles. The van der Waals surface area contributed by atoms with E-state index >= 15 is 0 Å². The lowest BCUT2D eigenvalue weighted by molar-refractivity contribution is -0.126. The molecule has 0 unspecified atom stereocenters. The number of benzene rings is 2. The van der Waals surface area contributed by atoms with E-state index in [1.165, 1.54) is 0 Å². The molecule has 3 rings (SSSR count). The summed E-state index contributed by atoms with van der Waals surface area (Å²) in [6.07, 6.45) is 2.16. The molecule has 1 saturated heterocycles. The standard InChI is InChI=1S/C19H23N3O2.ClH/c23-18(21-13-19(24)22-16-8-10-20-11-9-16)12-15-6-3-5-14-4-1-2-7-17(14)15;/h1-7,16,20H,8-13H2,(H,21,23)(H,22,24);1H. The first-order valence-corrected chi connectivity index (χ1v) is 8.46. The second-order valence-electron chi connectivity index (χ2n) is 6.18. The quantitative estimate of drug-likeness (QED) is 0.760. The summed E-state index contributed by atoms with van der Waals surface area (Å²) in [4.78, 5) is 24.1. The van der Waals surface area contributed by atoms with E-state index in [-0.39, 0.29) is 43.2 Å². The summed E-state index contributed by atoms with van der Waals surface area (Å²) >= 11 is 0. The predicted molar refractivity (Wildman–Crippen MR) is 102 cm³/mol. The van der Waals surface area contributed by atoms with E-state index in [0.717, 1.165) is 42.3 Å². The third-order valence-electron chi connectivity index (χ3n) is 4.38. The molecular weight excluding hydrogens is 338 g/mol. The molecule has 25 heavy (non-hydrogen) atoms. The van der Waals surface area contributed by atoms with Gasteiger partial charge in [0, 0.05) is 6.04 Å². The molecule has 6 heteroatoms. The molecule has 0 aliphatic carbocycles. The van der Waals surface area contributed by atoms with Crippen LogP contribution in [0.15, 0.2) is 42.5 Å². The van der Waals surface area contributed by atoms with Crippen LogP contribution >= 0.6 is 12.4 Å². The highest BCUT2D eigenvalue weighted by Crippen LogP contribution is 2.18. The number of piperidine rings is 1. The van der Waals surface area contributed by atoms with Crippen molar-refractivity contribution >= 4 is 35.0 Å². The van der Waals surface area contributed by atoms with Crippen LogP contribution in [-0.4, -0.2) is 37.5 Å². The Kier molecular flexibility index (Phi) is 7.22. The fourth-order valence-corrected chi connectivity index (χ4v) is 3.11. The van der Waals surface area contributed by atoms with E-state index in [1.54, 1.807) is 0 Å². The van der Waals surface area contributed by atoms with Crippen LogP contribution in [0.4, 0.5) is 0 Å². The Morgan fingerprint density at radius 3 is 2.52 bits per heavy atom. The largest absolute Gasteiger partial charge is 0.352 e. The first-order valence-electron chi connectivity index (χ1n) is 8.46. The van der Waals surface area contributed by atoms with Crippen LogP contribution in [0, 0.1) is 0 Å². The Morgan fingerprint density at radius 2 is 1.72 bits per heavy atom. The minimum Gasteiger partial charge on any atom is -0.352 e. The van der Waals surface area contributed by atoms with Crippen LogP contribution in [-0.2, 0) is 16.0 Å². The first kappa shape index (κ1) is 19.2. The average molecular weight is 362 g/mol. The summed E-state index contributed by atoms with van der Waals surface area (Å²) in [5.41, 5.74) is 0.976. The van der Waals surface area contributed by atoms with Crippen molar-refractivity contribution in [1.29, 1.82) is 0 Å². The highest BCUT2D eigenvalue weighted by molar-refractivity contribution is 5.91. The number of fused-ring (bicyclic) bond motifs is 1. The topological polar surface area (TPSA) is 70.2 Å². The molecule has 1 aliphatic rings. The lowest BCUT2D eigenvalue weighted by atomic mass is 10.0. The van der Waals surface area contributed by atoms with E-state index < -0.39 is 0 Å². The van der Waals surface area contributed by atoms with Gasteiger partial charge < -0.3 is 16.0 Å². The number of halogens is 1. The lowest BCUT2D eigenvalue weighted by Gasteiger charge is -2.23. The zero-order valence-corrected chi connectivity index (χ0v) is 14.9. The normalized spacial score (nSPS) is 14.6. The van der Waals surface area contributed by atoms with Crippen molar-refractivity contribution in [3.8, 4) is 0 Å². The Balaban J connectivity index is 0.00000225. The van der Waals surface area contributed by atoms with Gasteiger partial charge in [-0.1, -0.05) is 42.5 Å². The van der Waals surface area contributed by atoms with Gasteiger partial charge in [0.2, 0.25) is 11.8 Å². The van der Waals surface area contributed by atoms with Gasteiger partial charge in [0.25, 0.3) is 0 Å². The van der Waals surface area contributed by atoms with Gasteiger partial charge in [-0.25, -0.2) is 0 Å². The van der Waals surface area contributed by atoms with E-state index in [4.69, 9.17) is 0 Å². The Hall–Kier alpha value is -2.11. The van der Waals surface area contributed by atoms with Gasteiger partial charge in [-0.15, -0.1) is 12.4 Å². The number of hydrogen-bond donors (Lipinski definition) is 3. The Bertz CT molecular complexity index is 724. The number of rotatable bonds is 5. The smallest absolute Gasteiger partial charge is 0.239 e. The van der Waals surface area contributed by atoms with Gasteiger partial charge >= 0.3 is 0 Å². The molecule has 0 radical (unpaired) electrons. The van der Waals surface area contributed by atoms with E-state index in [1.807, 2.05) is 42.5 Å². The summed E-state index contributed by atoms with van der Waals surface area (Å²) in [5, 5.41) is 11.1. The number of carbonyl (C=O) groups excluding carboxylic acids is 2. The minimum absolute atomic E-state index is 0. The van der Waals surface area contributed by atoms with Gasteiger partial charge in [-0.2, -0.15) is 0 Å². The third kappa shape index (κ3) is 5.44. The van der Waals surface area contributed by atoms with Gasteiger partial charge in [0.15, 0.2) is 0 Å². The lowest BCUT2D eigenvalue weighted by Crippen LogP contribution is -2.46. The molecule has 0 aromatic heterocycles. The molecule has 3 N–H and O–H groups in total. The van der Waals surface area contributed by atoms with Crippen LogP contribution in [0.3, 0.4) is 0 Å². The molecule has 2 amide bonds. The fourth-order valence-electron chi connectivity index (χ4n) is 3.11. The summed E-state index contributed by atoms with van der Waals surface area (Å²) in [5.74, 6) is -0.250. The summed E-state index contributed by atoms with van der Waals surface area (Å²) in [6, 6.07) is 14.2. The zero-order valence-electron chi connectivity index (χ0n) is 14.1. The second-order valence-corrected chi connectivity index (χ2v) is 6.18. The first-order chi connectivity index (χ1) is 11.7. The summed E-state index contributed by atoms with van der Waals surface area (Å²) < 4.78 is 0. The van der Waals surface area contributed by atoms with Crippen LogP contribution in [0.25, 0.3) is 10.8 Å². The Labute approximate surface area is 154 Å². The SMILES string of the molecule is Cl.O=C(Cc1cccc2ccccc12)NCC(=O)NC1CCNCC1. The molecule has 1 heterocycles. The molecule has 0 saturated carbocycles. The monoisotopic (exact) mass is 361 g/mol. The van der Waals surface area contributed by atoms with Gasteiger partial charge in [-0.05, 0) is 42.3 Å². The molecule has 2 aromatic rings. The maximum atomic E-state index is 12.2. The van der Waals surface area contributed by atoms with Crippen molar-refractivity contribution < 1.29 is 9.59 Å². The number of carbonyl (C=O) groups is 2. The molecule has 5 nitrogen and oxygen atoms in total. The highest BCUT2D eigenvalue weighted by atomic mass is 35.5. The van der Waals surface area contributed by atoms with Crippen LogP contribution < -0.4 is 16.0 Å². The average Bonchev–Trinajstić information content (AvgIpc) is 2.61.